The van der Waals surface area contributed by atoms with Gasteiger partial charge in [-0.05, 0) is 12.0 Å². The van der Waals surface area contributed by atoms with E-state index in [1.165, 1.54) is 21.8 Å². The Bertz CT molecular complexity index is 947. The Labute approximate surface area is 150 Å². The van der Waals surface area contributed by atoms with Crippen LogP contribution in [-0.4, -0.2) is 49.8 Å². The highest BCUT2D eigenvalue weighted by Gasteiger charge is 2.16. The zero-order valence-electron chi connectivity index (χ0n) is 14.7. The summed E-state index contributed by atoms with van der Waals surface area (Å²) in [7, 11) is 1.72. The number of hydrogen-bond donors (Lipinski definition) is 1. The lowest BCUT2D eigenvalue weighted by molar-refractivity contribution is -0.131. The fourth-order valence-corrected chi connectivity index (χ4v) is 2.85. The number of hydrogen-bond acceptors (Lipinski definition) is 5. The van der Waals surface area contributed by atoms with E-state index >= 15 is 0 Å². The summed E-state index contributed by atoms with van der Waals surface area (Å²) in [5.74, 6) is -0.154. The lowest BCUT2D eigenvalue weighted by Gasteiger charge is -2.22. The molecule has 8 nitrogen and oxygen atoms in total. The highest BCUT2D eigenvalue weighted by molar-refractivity contribution is 5.77. The van der Waals surface area contributed by atoms with Gasteiger partial charge in [0.05, 0.1) is 6.20 Å². The van der Waals surface area contributed by atoms with Gasteiger partial charge in [0.1, 0.15) is 18.3 Å². The third kappa shape index (κ3) is 3.80. The maximum Gasteiger partial charge on any atom is 0.264 e. The Morgan fingerprint density at radius 1 is 1.23 bits per heavy atom. The van der Waals surface area contributed by atoms with Crippen LogP contribution in [0.1, 0.15) is 5.56 Å². The molecule has 0 aliphatic heterocycles. The number of benzene rings is 1. The number of fused-ring (bicyclic) bond motifs is 1. The summed E-state index contributed by atoms with van der Waals surface area (Å²) in [5, 5.41) is 4.43. The molecule has 0 radical (unpaired) electrons. The first kappa shape index (κ1) is 17.8. The maximum absolute atomic E-state index is 12.7. The van der Waals surface area contributed by atoms with Crippen LogP contribution in [0.2, 0.25) is 0 Å². The fourth-order valence-electron chi connectivity index (χ4n) is 2.85. The van der Waals surface area contributed by atoms with Crippen LogP contribution in [-0.2, 0) is 24.8 Å². The quantitative estimate of drug-likeness (QED) is 0.652. The first-order valence-electron chi connectivity index (χ1n) is 8.49. The fraction of sp³-hybridized carbons (Fsp3) is 0.333. The molecule has 1 amide bonds. The van der Waals surface area contributed by atoms with Gasteiger partial charge in [0.25, 0.3) is 5.56 Å². The van der Waals surface area contributed by atoms with Crippen LogP contribution < -0.4 is 11.3 Å². The second kappa shape index (κ2) is 7.92. The van der Waals surface area contributed by atoms with Crippen molar-refractivity contribution in [1.82, 2.24) is 24.2 Å². The van der Waals surface area contributed by atoms with Crippen molar-refractivity contribution in [3.8, 4) is 0 Å². The first-order valence-corrected chi connectivity index (χ1v) is 8.49. The number of amides is 1. The topological polar surface area (TPSA) is 99.0 Å². The second-order valence-electron chi connectivity index (χ2n) is 6.09. The normalized spacial score (nSPS) is 11.0. The number of nitrogens with two attached hydrogens (primary N) is 1. The predicted molar refractivity (Wildman–Crippen MR) is 98.5 cm³/mol. The molecule has 3 aromatic rings. The van der Waals surface area contributed by atoms with Crippen molar-refractivity contribution in [2.24, 2.45) is 12.8 Å². The predicted octanol–water partition coefficient (Wildman–Crippen LogP) is 0.160. The van der Waals surface area contributed by atoms with Gasteiger partial charge in [0, 0.05) is 26.7 Å². The zero-order valence-corrected chi connectivity index (χ0v) is 14.7. The van der Waals surface area contributed by atoms with Gasteiger partial charge in [-0.2, -0.15) is 5.10 Å². The molecule has 1 aromatic carbocycles. The summed E-state index contributed by atoms with van der Waals surface area (Å²) < 4.78 is 2.85. The third-order valence-electron chi connectivity index (χ3n) is 4.29. The third-order valence-corrected chi connectivity index (χ3v) is 4.29. The van der Waals surface area contributed by atoms with E-state index in [-0.39, 0.29) is 18.0 Å². The molecular formula is C18H22N6O2. The minimum Gasteiger partial charge on any atom is -0.340 e. The van der Waals surface area contributed by atoms with Crippen LogP contribution in [0.4, 0.5) is 0 Å². The van der Waals surface area contributed by atoms with Gasteiger partial charge in [-0.1, -0.05) is 30.3 Å². The molecule has 3 rings (SSSR count). The van der Waals surface area contributed by atoms with E-state index in [4.69, 9.17) is 5.73 Å². The molecule has 0 bridgehead atoms. The molecular weight excluding hydrogens is 332 g/mol. The Balaban J connectivity index is 1.73. The number of aryl methyl sites for hydroxylation is 1. The van der Waals surface area contributed by atoms with Crippen LogP contribution in [0, 0.1) is 0 Å². The SMILES string of the molecule is Cn1ncc2c(=O)n(CC(=O)N(CCN)CCc3ccccc3)cnc21. The van der Waals surface area contributed by atoms with E-state index in [1.807, 2.05) is 30.3 Å². The summed E-state index contributed by atoms with van der Waals surface area (Å²) in [6.07, 6.45) is 3.60. The highest BCUT2D eigenvalue weighted by Crippen LogP contribution is 2.05. The van der Waals surface area contributed by atoms with E-state index in [0.717, 1.165) is 12.0 Å². The van der Waals surface area contributed by atoms with Crippen LogP contribution in [0.3, 0.4) is 0 Å². The number of rotatable bonds is 7. The average Bonchev–Trinajstić information content (AvgIpc) is 3.03. The minimum atomic E-state index is -0.271. The number of carbonyl (C=O) groups excluding carboxylic acids is 1. The van der Waals surface area contributed by atoms with Crippen LogP contribution in [0.5, 0.6) is 0 Å². The molecule has 0 aliphatic rings. The molecule has 0 atom stereocenters. The van der Waals surface area contributed by atoms with Crippen molar-refractivity contribution in [2.75, 3.05) is 19.6 Å². The van der Waals surface area contributed by atoms with E-state index in [9.17, 15) is 9.59 Å². The molecule has 2 aromatic heterocycles. The smallest absolute Gasteiger partial charge is 0.264 e. The Morgan fingerprint density at radius 2 is 2.00 bits per heavy atom. The molecule has 0 saturated carbocycles. The van der Waals surface area contributed by atoms with Gasteiger partial charge in [-0.25, -0.2) is 4.98 Å². The van der Waals surface area contributed by atoms with E-state index in [0.29, 0.717) is 30.7 Å². The van der Waals surface area contributed by atoms with Gasteiger partial charge >= 0.3 is 0 Å². The van der Waals surface area contributed by atoms with E-state index in [2.05, 4.69) is 10.1 Å². The lowest BCUT2D eigenvalue weighted by Crippen LogP contribution is -2.40. The Hall–Kier alpha value is -3.00. The summed E-state index contributed by atoms with van der Waals surface area (Å²) in [6.45, 7) is 1.31. The second-order valence-corrected chi connectivity index (χ2v) is 6.09. The van der Waals surface area contributed by atoms with Gasteiger partial charge in [0.2, 0.25) is 5.91 Å². The van der Waals surface area contributed by atoms with Crippen LogP contribution in [0.15, 0.2) is 47.7 Å². The largest absolute Gasteiger partial charge is 0.340 e. The molecule has 2 N–H and O–H groups in total. The maximum atomic E-state index is 12.7. The van der Waals surface area contributed by atoms with Gasteiger partial charge < -0.3 is 10.6 Å². The van der Waals surface area contributed by atoms with Crippen molar-refractivity contribution in [2.45, 2.75) is 13.0 Å². The Kier molecular flexibility index (Phi) is 5.43. The van der Waals surface area contributed by atoms with Crippen molar-refractivity contribution in [1.29, 1.82) is 0 Å². The average molecular weight is 354 g/mol. The minimum absolute atomic E-state index is 0.0640. The summed E-state index contributed by atoms with van der Waals surface area (Å²) in [4.78, 5) is 31.1. The van der Waals surface area contributed by atoms with Crippen LogP contribution in [0.25, 0.3) is 11.0 Å². The highest BCUT2D eigenvalue weighted by atomic mass is 16.2. The van der Waals surface area contributed by atoms with E-state index < -0.39 is 0 Å². The zero-order chi connectivity index (χ0) is 18.5. The molecule has 0 aliphatic carbocycles. The first-order chi connectivity index (χ1) is 12.6. The van der Waals surface area contributed by atoms with Gasteiger partial charge in [-0.3, -0.25) is 18.8 Å². The molecule has 26 heavy (non-hydrogen) atoms. The lowest BCUT2D eigenvalue weighted by atomic mass is 10.1. The van der Waals surface area contributed by atoms with Crippen molar-refractivity contribution >= 4 is 16.9 Å². The molecule has 0 fully saturated rings. The standard InChI is InChI=1S/C18H22N6O2/c1-22-17-15(11-21-22)18(26)24(13-20-17)12-16(25)23(10-8-19)9-7-14-5-3-2-4-6-14/h2-6,11,13H,7-10,12,19H2,1H3. The van der Waals surface area contributed by atoms with Crippen molar-refractivity contribution < 1.29 is 4.79 Å². The molecule has 136 valence electrons. The van der Waals surface area contributed by atoms with Crippen molar-refractivity contribution in [3.05, 3.63) is 58.8 Å². The molecule has 0 unspecified atom stereocenters. The van der Waals surface area contributed by atoms with E-state index in [1.54, 1.807) is 11.9 Å². The number of aromatic nitrogens is 4. The summed E-state index contributed by atoms with van der Waals surface area (Å²) in [6, 6.07) is 9.95. The Morgan fingerprint density at radius 3 is 2.73 bits per heavy atom. The number of carbonyl (C=O) groups is 1. The summed E-state index contributed by atoms with van der Waals surface area (Å²) in [5.41, 5.74) is 7.03. The monoisotopic (exact) mass is 354 g/mol. The molecule has 8 heteroatoms. The van der Waals surface area contributed by atoms with Gasteiger partial charge in [0.15, 0.2) is 5.65 Å². The molecule has 2 heterocycles. The summed E-state index contributed by atoms with van der Waals surface area (Å²) >= 11 is 0. The molecule has 0 spiro atoms. The van der Waals surface area contributed by atoms with Crippen molar-refractivity contribution in [3.63, 3.8) is 0 Å². The van der Waals surface area contributed by atoms with Crippen LogP contribution >= 0.6 is 0 Å². The number of nitrogens with zero attached hydrogens (tertiary/aromatic N) is 5. The molecule has 0 saturated heterocycles. The van der Waals surface area contributed by atoms with Gasteiger partial charge in [-0.15, -0.1) is 0 Å².